The van der Waals surface area contributed by atoms with Crippen LogP contribution >= 0.6 is 0 Å². The quantitative estimate of drug-likeness (QED) is 0.650. The van der Waals surface area contributed by atoms with E-state index in [0.29, 0.717) is 18.0 Å². The summed E-state index contributed by atoms with van der Waals surface area (Å²) in [5, 5.41) is 3.28. The van der Waals surface area contributed by atoms with Crippen molar-refractivity contribution in [3.8, 4) is 0 Å². The number of aromatic nitrogens is 1. The standard InChI is InChI=1S/C14H27N3O2S/c1-4-6-7-9-16-20(18,19)14-10-13(17(3)12-14)11-15-8-5-2/h10,12,15-16H,4-9,11H2,1-3H3. The Labute approximate surface area is 122 Å². The number of aryl methyl sites for hydroxylation is 1. The summed E-state index contributed by atoms with van der Waals surface area (Å²) >= 11 is 0. The molecule has 0 aliphatic rings. The van der Waals surface area contributed by atoms with Crippen LogP contribution in [0.1, 0.15) is 45.2 Å². The van der Waals surface area contributed by atoms with Gasteiger partial charge in [-0.05, 0) is 25.5 Å². The van der Waals surface area contributed by atoms with E-state index in [1.54, 1.807) is 12.3 Å². The predicted octanol–water partition coefficient (Wildman–Crippen LogP) is 1.99. The van der Waals surface area contributed by atoms with Crippen molar-refractivity contribution >= 4 is 10.0 Å². The van der Waals surface area contributed by atoms with E-state index in [2.05, 4.69) is 23.9 Å². The highest BCUT2D eigenvalue weighted by atomic mass is 32.2. The molecule has 1 aromatic rings. The number of nitrogens with one attached hydrogen (secondary N) is 2. The number of hydrogen-bond donors (Lipinski definition) is 2. The smallest absolute Gasteiger partial charge is 0.242 e. The number of hydrogen-bond acceptors (Lipinski definition) is 3. The molecule has 0 aromatic carbocycles. The van der Waals surface area contributed by atoms with Crippen LogP contribution in [0.5, 0.6) is 0 Å². The minimum absolute atomic E-state index is 0.352. The molecule has 0 radical (unpaired) electrons. The van der Waals surface area contributed by atoms with Crippen molar-refractivity contribution in [2.45, 2.75) is 51.0 Å². The Hall–Kier alpha value is -0.850. The van der Waals surface area contributed by atoms with Gasteiger partial charge in [0.15, 0.2) is 0 Å². The minimum Gasteiger partial charge on any atom is -0.352 e. The Morgan fingerprint density at radius 3 is 2.55 bits per heavy atom. The average molecular weight is 301 g/mol. The molecular formula is C14H27N3O2S. The van der Waals surface area contributed by atoms with Gasteiger partial charge in [0.1, 0.15) is 0 Å². The van der Waals surface area contributed by atoms with Crippen LogP contribution in [0.25, 0.3) is 0 Å². The molecule has 0 aliphatic heterocycles. The highest BCUT2D eigenvalue weighted by molar-refractivity contribution is 7.89. The van der Waals surface area contributed by atoms with Crippen LogP contribution in [0.4, 0.5) is 0 Å². The molecule has 0 unspecified atom stereocenters. The average Bonchev–Trinajstić information content (AvgIpc) is 2.78. The van der Waals surface area contributed by atoms with Crippen LogP contribution in [0.2, 0.25) is 0 Å². The Balaban J connectivity index is 2.63. The van der Waals surface area contributed by atoms with Gasteiger partial charge in [0.05, 0.1) is 4.90 Å². The van der Waals surface area contributed by atoms with Crippen LogP contribution in [-0.2, 0) is 23.6 Å². The third-order valence-corrected chi connectivity index (χ3v) is 4.63. The second kappa shape index (κ2) is 8.44. The zero-order chi connectivity index (χ0) is 15.0. The molecule has 2 N–H and O–H groups in total. The molecule has 0 saturated heterocycles. The van der Waals surface area contributed by atoms with Crippen LogP contribution < -0.4 is 10.0 Å². The fourth-order valence-electron chi connectivity index (χ4n) is 1.96. The van der Waals surface area contributed by atoms with Gasteiger partial charge in [0.2, 0.25) is 10.0 Å². The number of rotatable bonds is 10. The van der Waals surface area contributed by atoms with Crippen LogP contribution in [0, 0.1) is 0 Å². The van der Waals surface area contributed by atoms with Crippen LogP contribution in [-0.4, -0.2) is 26.1 Å². The van der Waals surface area contributed by atoms with E-state index in [1.807, 2.05) is 11.6 Å². The number of nitrogens with zero attached hydrogens (tertiary/aromatic N) is 1. The van der Waals surface area contributed by atoms with Crippen molar-refractivity contribution in [2.24, 2.45) is 7.05 Å². The summed E-state index contributed by atoms with van der Waals surface area (Å²) in [4.78, 5) is 0.352. The summed E-state index contributed by atoms with van der Waals surface area (Å²) in [5.74, 6) is 0. The minimum atomic E-state index is -3.37. The van der Waals surface area contributed by atoms with Gasteiger partial charge >= 0.3 is 0 Å². The van der Waals surface area contributed by atoms with E-state index in [-0.39, 0.29) is 0 Å². The molecular weight excluding hydrogens is 274 g/mol. The van der Waals surface area contributed by atoms with Gasteiger partial charge in [-0.25, -0.2) is 13.1 Å². The SMILES string of the molecule is CCCCCNS(=O)(=O)c1cc(CNCCC)n(C)c1. The predicted molar refractivity (Wildman–Crippen MR) is 82.1 cm³/mol. The highest BCUT2D eigenvalue weighted by Crippen LogP contribution is 2.13. The first-order chi connectivity index (χ1) is 9.51. The van der Waals surface area contributed by atoms with Gasteiger partial charge in [-0.3, -0.25) is 0 Å². The zero-order valence-electron chi connectivity index (χ0n) is 12.8. The molecule has 1 heterocycles. The first kappa shape index (κ1) is 17.2. The summed E-state index contributed by atoms with van der Waals surface area (Å²) < 4.78 is 28.8. The largest absolute Gasteiger partial charge is 0.352 e. The maximum absolute atomic E-state index is 12.1. The molecule has 1 aromatic heterocycles. The van der Waals surface area contributed by atoms with E-state index in [0.717, 1.165) is 37.9 Å². The Morgan fingerprint density at radius 2 is 1.90 bits per heavy atom. The molecule has 0 saturated carbocycles. The second-order valence-electron chi connectivity index (χ2n) is 5.06. The van der Waals surface area contributed by atoms with Gasteiger partial charge in [-0.2, -0.15) is 0 Å². The summed E-state index contributed by atoms with van der Waals surface area (Å²) in [6, 6.07) is 1.74. The van der Waals surface area contributed by atoms with E-state index in [1.165, 1.54) is 0 Å². The molecule has 20 heavy (non-hydrogen) atoms. The maximum Gasteiger partial charge on any atom is 0.242 e. The van der Waals surface area contributed by atoms with Crippen LogP contribution in [0.3, 0.4) is 0 Å². The van der Waals surface area contributed by atoms with Crippen molar-refractivity contribution in [3.63, 3.8) is 0 Å². The summed E-state index contributed by atoms with van der Waals surface area (Å²) in [7, 11) is -1.50. The molecule has 1 rings (SSSR count). The fourth-order valence-corrected chi connectivity index (χ4v) is 3.13. The van der Waals surface area contributed by atoms with Crippen molar-refractivity contribution in [2.75, 3.05) is 13.1 Å². The first-order valence-corrected chi connectivity index (χ1v) is 8.85. The maximum atomic E-state index is 12.1. The lowest BCUT2D eigenvalue weighted by molar-refractivity contribution is 0.576. The highest BCUT2D eigenvalue weighted by Gasteiger charge is 2.16. The third-order valence-electron chi connectivity index (χ3n) is 3.20. The van der Waals surface area contributed by atoms with Crippen molar-refractivity contribution in [1.29, 1.82) is 0 Å². The number of sulfonamides is 1. The molecule has 6 heteroatoms. The molecule has 0 bridgehead atoms. The van der Waals surface area contributed by atoms with Crippen molar-refractivity contribution < 1.29 is 8.42 Å². The lowest BCUT2D eigenvalue weighted by Crippen LogP contribution is -2.24. The molecule has 116 valence electrons. The normalized spacial score (nSPS) is 11.9. The monoisotopic (exact) mass is 301 g/mol. The summed E-state index contributed by atoms with van der Waals surface area (Å²) in [6.07, 6.45) is 5.75. The lowest BCUT2D eigenvalue weighted by Gasteiger charge is -2.04. The molecule has 5 nitrogen and oxygen atoms in total. The van der Waals surface area contributed by atoms with E-state index in [4.69, 9.17) is 0 Å². The molecule has 0 aliphatic carbocycles. The Kier molecular flexibility index (Phi) is 7.26. The lowest BCUT2D eigenvalue weighted by atomic mass is 10.3. The van der Waals surface area contributed by atoms with Gasteiger partial charge in [-0.1, -0.05) is 26.7 Å². The van der Waals surface area contributed by atoms with Crippen molar-refractivity contribution in [3.05, 3.63) is 18.0 Å². The van der Waals surface area contributed by atoms with E-state index < -0.39 is 10.0 Å². The number of unbranched alkanes of at least 4 members (excludes halogenated alkanes) is 2. The van der Waals surface area contributed by atoms with Gasteiger partial charge in [0, 0.05) is 32.0 Å². The summed E-state index contributed by atoms with van der Waals surface area (Å²) in [6.45, 7) is 6.34. The Morgan fingerprint density at radius 1 is 1.15 bits per heavy atom. The van der Waals surface area contributed by atoms with Gasteiger partial charge in [0.25, 0.3) is 0 Å². The third kappa shape index (κ3) is 5.26. The van der Waals surface area contributed by atoms with Gasteiger partial charge < -0.3 is 9.88 Å². The molecule has 0 amide bonds. The fraction of sp³-hybridized carbons (Fsp3) is 0.714. The summed E-state index contributed by atoms with van der Waals surface area (Å²) in [5.41, 5.74) is 0.979. The van der Waals surface area contributed by atoms with E-state index >= 15 is 0 Å². The zero-order valence-corrected chi connectivity index (χ0v) is 13.6. The molecule has 0 atom stereocenters. The second-order valence-corrected chi connectivity index (χ2v) is 6.83. The van der Waals surface area contributed by atoms with E-state index in [9.17, 15) is 8.42 Å². The van der Waals surface area contributed by atoms with Gasteiger partial charge in [-0.15, -0.1) is 0 Å². The van der Waals surface area contributed by atoms with Crippen molar-refractivity contribution in [1.82, 2.24) is 14.6 Å². The first-order valence-electron chi connectivity index (χ1n) is 7.37. The molecule has 0 spiro atoms. The Bertz CT molecular complexity index is 495. The topological polar surface area (TPSA) is 63.1 Å². The molecule has 0 fully saturated rings. The van der Waals surface area contributed by atoms with Crippen LogP contribution in [0.15, 0.2) is 17.2 Å².